The molecule has 5 nitrogen and oxygen atoms in total. The standard InChI is InChI=1S/C17H16ClNO4/c1-11-2-4-12(5-3-11)17(22)23-16-7-6-13(15(21)9-18)8-14(16)19-10-20/h2-8,10,15,21H,9H2,1H3,(H,19,20). The van der Waals surface area contributed by atoms with Crippen molar-refractivity contribution < 1.29 is 19.4 Å². The Morgan fingerprint density at radius 1 is 1.30 bits per heavy atom. The number of alkyl halides is 1. The number of hydrogen-bond donors (Lipinski definition) is 2. The van der Waals surface area contributed by atoms with Gasteiger partial charge in [-0.1, -0.05) is 23.8 Å². The molecule has 0 heterocycles. The maximum Gasteiger partial charge on any atom is 0.343 e. The van der Waals surface area contributed by atoms with Gasteiger partial charge in [-0.2, -0.15) is 0 Å². The normalized spacial score (nSPS) is 11.6. The highest BCUT2D eigenvalue weighted by atomic mass is 35.5. The zero-order valence-electron chi connectivity index (χ0n) is 12.5. The first-order chi connectivity index (χ1) is 11.0. The monoisotopic (exact) mass is 333 g/mol. The van der Waals surface area contributed by atoms with Crippen LogP contribution in [0.25, 0.3) is 0 Å². The summed E-state index contributed by atoms with van der Waals surface area (Å²) in [5.41, 5.74) is 2.23. The molecule has 0 saturated carbocycles. The minimum atomic E-state index is -0.870. The molecule has 0 fully saturated rings. The van der Waals surface area contributed by atoms with Crippen LogP contribution < -0.4 is 10.1 Å². The van der Waals surface area contributed by atoms with Crippen LogP contribution in [0.15, 0.2) is 42.5 Å². The first-order valence-corrected chi connectivity index (χ1v) is 7.45. The first-order valence-electron chi connectivity index (χ1n) is 6.92. The molecule has 2 aromatic carbocycles. The minimum absolute atomic E-state index is 0.0169. The number of aliphatic hydroxyl groups excluding tert-OH is 1. The summed E-state index contributed by atoms with van der Waals surface area (Å²) in [5, 5.41) is 12.2. The summed E-state index contributed by atoms with van der Waals surface area (Å²) in [4.78, 5) is 22.9. The van der Waals surface area contributed by atoms with Crippen molar-refractivity contribution in [1.82, 2.24) is 0 Å². The van der Waals surface area contributed by atoms with E-state index < -0.39 is 12.1 Å². The van der Waals surface area contributed by atoms with E-state index in [-0.39, 0.29) is 17.3 Å². The van der Waals surface area contributed by atoms with Gasteiger partial charge in [-0.15, -0.1) is 11.6 Å². The number of amides is 1. The lowest BCUT2D eigenvalue weighted by Crippen LogP contribution is -2.11. The van der Waals surface area contributed by atoms with Gasteiger partial charge in [0.05, 0.1) is 23.2 Å². The number of rotatable bonds is 6. The number of esters is 1. The third-order valence-corrected chi connectivity index (χ3v) is 3.53. The lowest BCUT2D eigenvalue weighted by atomic mass is 10.1. The third kappa shape index (κ3) is 4.31. The molecule has 1 amide bonds. The number of aryl methyl sites for hydroxylation is 1. The van der Waals surface area contributed by atoms with Crippen molar-refractivity contribution in [3.8, 4) is 5.75 Å². The lowest BCUT2D eigenvalue weighted by Gasteiger charge is -2.13. The summed E-state index contributed by atoms with van der Waals surface area (Å²) >= 11 is 5.61. The van der Waals surface area contributed by atoms with Gasteiger partial charge in [0, 0.05) is 0 Å². The molecule has 0 radical (unpaired) electrons. The summed E-state index contributed by atoms with van der Waals surface area (Å²) in [6, 6.07) is 11.5. The molecular weight excluding hydrogens is 318 g/mol. The highest BCUT2D eigenvalue weighted by molar-refractivity contribution is 6.18. The smallest absolute Gasteiger partial charge is 0.343 e. The number of aliphatic hydroxyl groups is 1. The Labute approximate surface area is 138 Å². The molecule has 2 N–H and O–H groups in total. The van der Waals surface area contributed by atoms with Crippen LogP contribution in [-0.4, -0.2) is 23.4 Å². The number of anilines is 1. The molecule has 0 bridgehead atoms. The lowest BCUT2D eigenvalue weighted by molar-refractivity contribution is -0.105. The van der Waals surface area contributed by atoms with E-state index in [1.54, 1.807) is 30.3 Å². The van der Waals surface area contributed by atoms with E-state index in [1.165, 1.54) is 12.1 Å². The second kappa shape index (κ2) is 7.76. The van der Waals surface area contributed by atoms with Crippen LogP contribution in [0.3, 0.4) is 0 Å². The molecule has 0 aliphatic heterocycles. The molecular formula is C17H16ClNO4. The zero-order chi connectivity index (χ0) is 16.8. The van der Waals surface area contributed by atoms with Gasteiger partial charge in [-0.05, 0) is 36.8 Å². The van der Waals surface area contributed by atoms with Crippen molar-refractivity contribution in [2.24, 2.45) is 0 Å². The van der Waals surface area contributed by atoms with Crippen molar-refractivity contribution in [2.45, 2.75) is 13.0 Å². The van der Waals surface area contributed by atoms with Gasteiger partial charge in [0.1, 0.15) is 0 Å². The van der Waals surface area contributed by atoms with Crippen molar-refractivity contribution in [2.75, 3.05) is 11.2 Å². The maximum atomic E-state index is 12.1. The van der Waals surface area contributed by atoms with E-state index in [1.807, 2.05) is 6.92 Å². The SMILES string of the molecule is Cc1ccc(C(=O)Oc2ccc(C(O)CCl)cc2NC=O)cc1. The fourth-order valence-electron chi connectivity index (χ4n) is 1.96. The van der Waals surface area contributed by atoms with Crippen LogP contribution in [0.5, 0.6) is 5.75 Å². The van der Waals surface area contributed by atoms with Gasteiger partial charge in [-0.25, -0.2) is 4.79 Å². The summed E-state index contributed by atoms with van der Waals surface area (Å²) in [6.45, 7) is 1.92. The second-order valence-corrected chi connectivity index (χ2v) is 5.25. The molecule has 120 valence electrons. The van der Waals surface area contributed by atoms with Crippen molar-refractivity contribution in [3.05, 3.63) is 59.2 Å². The van der Waals surface area contributed by atoms with E-state index in [0.717, 1.165) is 5.56 Å². The van der Waals surface area contributed by atoms with Crippen LogP contribution in [0.2, 0.25) is 0 Å². The van der Waals surface area contributed by atoms with Crippen molar-refractivity contribution >= 4 is 29.7 Å². The number of carbonyl (C=O) groups is 2. The van der Waals surface area contributed by atoms with E-state index in [4.69, 9.17) is 16.3 Å². The molecule has 2 rings (SSSR count). The quantitative estimate of drug-likeness (QED) is 0.369. The number of carbonyl (C=O) groups excluding carboxylic acids is 2. The van der Waals surface area contributed by atoms with Crippen molar-refractivity contribution in [3.63, 3.8) is 0 Å². The molecule has 0 aliphatic carbocycles. The summed E-state index contributed by atoms with van der Waals surface area (Å²) in [5.74, 6) is -0.332. The molecule has 1 atom stereocenters. The van der Waals surface area contributed by atoms with E-state index in [2.05, 4.69) is 5.32 Å². The Morgan fingerprint density at radius 2 is 2.00 bits per heavy atom. The van der Waals surface area contributed by atoms with Crippen LogP contribution in [0.1, 0.15) is 27.6 Å². The predicted octanol–water partition coefficient (Wildman–Crippen LogP) is 3.05. The van der Waals surface area contributed by atoms with Crippen molar-refractivity contribution in [1.29, 1.82) is 0 Å². The topological polar surface area (TPSA) is 75.6 Å². The Morgan fingerprint density at radius 3 is 2.61 bits per heavy atom. The summed E-state index contributed by atoms with van der Waals surface area (Å²) in [6.07, 6.45) is -0.402. The van der Waals surface area contributed by atoms with Crippen LogP contribution in [-0.2, 0) is 4.79 Å². The van der Waals surface area contributed by atoms with Crippen LogP contribution >= 0.6 is 11.6 Å². The molecule has 2 aromatic rings. The Hall–Kier alpha value is -2.37. The second-order valence-electron chi connectivity index (χ2n) is 4.94. The van der Waals surface area contributed by atoms with E-state index >= 15 is 0 Å². The fourth-order valence-corrected chi connectivity index (χ4v) is 2.14. The average Bonchev–Trinajstić information content (AvgIpc) is 2.56. The average molecular weight is 334 g/mol. The van der Waals surface area contributed by atoms with Crippen LogP contribution in [0.4, 0.5) is 5.69 Å². The fraction of sp³-hybridized carbons (Fsp3) is 0.176. The molecule has 6 heteroatoms. The zero-order valence-corrected chi connectivity index (χ0v) is 13.2. The molecule has 0 spiro atoms. The summed E-state index contributed by atoms with van der Waals surface area (Å²) < 4.78 is 5.32. The van der Waals surface area contributed by atoms with Gasteiger partial charge < -0.3 is 15.2 Å². The molecule has 0 saturated heterocycles. The Bertz CT molecular complexity index is 700. The molecule has 0 aromatic heterocycles. The molecule has 1 unspecified atom stereocenters. The number of hydrogen-bond acceptors (Lipinski definition) is 4. The molecule has 0 aliphatic rings. The maximum absolute atomic E-state index is 12.1. The Balaban J connectivity index is 2.25. The van der Waals surface area contributed by atoms with E-state index in [0.29, 0.717) is 17.5 Å². The van der Waals surface area contributed by atoms with Gasteiger partial charge in [-0.3, -0.25) is 4.79 Å². The largest absolute Gasteiger partial charge is 0.421 e. The van der Waals surface area contributed by atoms with Crippen LogP contribution in [0, 0.1) is 6.92 Å². The molecule has 23 heavy (non-hydrogen) atoms. The van der Waals surface area contributed by atoms with Gasteiger partial charge in [0.2, 0.25) is 6.41 Å². The minimum Gasteiger partial charge on any atom is -0.421 e. The number of halogens is 1. The number of nitrogens with one attached hydrogen (secondary N) is 1. The summed E-state index contributed by atoms with van der Waals surface area (Å²) in [7, 11) is 0. The van der Waals surface area contributed by atoms with Gasteiger partial charge in [0.25, 0.3) is 0 Å². The van der Waals surface area contributed by atoms with Gasteiger partial charge in [0.15, 0.2) is 5.75 Å². The van der Waals surface area contributed by atoms with E-state index in [9.17, 15) is 14.7 Å². The third-order valence-electron chi connectivity index (χ3n) is 3.24. The first kappa shape index (κ1) is 17.0. The predicted molar refractivity (Wildman–Crippen MR) is 87.9 cm³/mol. The van der Waals surface area contributed by atoms with Gasteiger partial charge >= 0.3 is 5.97 Å². The number of benzene rings is 2. The highest BCUT2D eigenvalue weighted by Crippen LogP contribution is 2.29. The Kier molecular flexibility index (Phi) is 5.73. The highest BCUT2D eigenvalue weighted by Gasteiger charge is 2.14. The number of ether oxygens (including phenoxy) is 1.